The molecule has 7 heteroatoms. The third-order valence-electron chi connectivity index (χ3n) is 4.32. The Morgan fingerprint density at radius 2 is 1.81 bits per heavy atom. The van der Waals surface area contributed by atoms with Crippen LogP contribution in [0.2, 0.25) is 0 Å². The van der Waals surface area contributed by atoms with Gasteiger partial charge in [-0.05, 0) is 30.7 Å². The van der Waals surface area contributed by atoms with Gasteiger partial charge in [-0.3, -0.25) is 0 Å². The fourth-order valence-corrected chi connectivity index (χ4v) is 2.90. The first-order valence-electron chi connectivity index (χ1n) is 8.98. The van der Waals surface area contributed by atoms with Gasteiger partial charge in [-0.2, -0.15) is 0 Å². The number of guanidine groups is 1. The Labute approximate surface area is 154 Å². The monoisotopic (exact) mass is 354 g/mol. The number of nitrogens with one attached hydrogen (secondary N) is 1. The molecule has 1 aromatic heterocycles. The fourth-order valence-electron chi connectivity index (χ4n) is 2.90. The number of hydrogen-bond acceptors (Lipinski definition) is 5. The van der Waals surface area contributed by atoms with Crippen LogP contribution in [0.4, 0.5) is 5.95 Å². The first kappa shape index (κ1) is 18.0. The number of ether oxygens (including phenoxy) is 1. The van der Waals surface area contributed by atoms with Gasteiger partial charge in [-0.15, -0.1) is 0 Å². The Bertz CT molecular complexity index is 696. The van der Waals surface area contributed by atoms with Crippen LogP contribution >= 0.6 is 0 Å². The van der Waals surface area contributed by atoms with Crippen LogP contribution in [0.15, 0.2) is 47.7 Å². The summed E-state index contributed by atoms with van der Waals surface area (Å²) in [6, 6.07) is 9.88. The first-order chi connectivity index (χ1) is 12.8. The number of nitrogens with zero attached hydrogens (tertiary/aromatic N) is 5. The average molecular weight is 354 g/mol. The summed E-state index contributed by atoms with van der Waals surface area (Å²) in [5, 5.41) is 3.40. The molecule has 0 spiro atoms. The lowest BCUT2D eigenvalue weighted by molar-refractivity contribution is 0.370. The van der Waals surface area contributed by atoms with Gasteiger partial charge in [-0.1, -0.05) is 12.1 Å². The fraction of sp³-hybridized carbons (Fsp3) is 0.421. The molecule has 0 radical (unpaired) electrons. The number of rotatable bonds is 5. The van der Waals surface area contributed by atoms with E-state index in [2.05, 4.69) is 44.1 Å². The SMILES string of the molecule is CCNC(=NCc1ccc(OC)cc1)N1CCN(c2ncccn2)CC1. The van der Waals surface area contributed by atoms with Gasteiger partial charge < -0.3 is 19.9 Å². The zero-order valence-corrected chi connectivity index (χ0v) is 15.4. The smallest absolute Gasteiger partial charge is 0.225 e. The van der Waals surface area contributed by atoms with Gasteiger partial charge >= 0.3 is 0 Å². The van der Waals surface area contributed by atoms with Crippen molar-refractivity contribution in [3.8, 4) is 5.75 Å². The van der Waals surface area contributed by atoms with E-state index in [1.807, 2.05) is 18.2 Å². The molecule has 0 unspecified atom stereocenters. The summed E-state index contributed by atoms with van der Waals surface area (Å²) in [6.07, 6.45) is 3.57. The van der Waals surface area contributed by atoms with E-state index in [4.69, 9.17) is 9.73 Å². The van der Waals surface area contributed by atoms with Crippen LogP contribution in [-0.4, -0.2) is 60.7 Å². The van der Waals surface area contributed by atoms with Crippen LogP contribution in [0.1, 0.15) is 12.5 Å². The highest BCUT2D eigenvalue weighted by molar-refractivity contribution is 5.80. The molecule has 0 aliphatic carbocycles. The Hall–Kier alpha value is -2.83. The van der Waals surface area contributed by atoms with E-state index in [0.717, 1.165) is 55.9 Å². The lowest BCUT2D eigenvalue weighted by Gasteiger charge is -2.36. The number of methoxy groups -OCH3 is 1. The third kappa shape index (κ3) is 4.62. The van der Waals surface area contributed by atoms with Crippen LogP contribution in [0, 0.1) is 0 Å². The van der Waals surface area contributed by atoms with Crippen LogP contribution in [-0.2, 0) is 6.54 Å². The molecule has 1 fully saturated rings. The molecule has 0 atom stereocenters. The number of aromatic nitrogens is 2. The molecular formula is C19H26N6O. The van der Waals surface area contributed by atoms with E-state index < -0.39 is 0 Å². The second kappa shape index (κ2) is 9.03. The van der Waals surface area contributed by atoms with Crippen molar-refractivity contribution in [1.82, 2.24) is 20.2 Å². The highest BCUT2D eigenvalue weighted by atomic mass is 16.5. The van der Waals surface area contributed by atoms with Crippen molar-refractivity contribution < 1.29 is 4.74 Å². The molecule has 3 rings (SSSR count). The Morgan fingerprint density at radius 3 is 2.42 bits per heavy atom. The quantitative estimate of drug-likeness (QED) is 0.652. The third-order valence-corrected chi connectivity index (χ3v) is 4.32. The summed E-state index contributed by atoms with van der Waals surface area (Å²) >= 11 is 0. The summed E-state index contributed by atoms with van der Waals surface area (Å²) in [7, 11) is 1.68. The van der Waals surface area contributed by atoms with Crippen molar-refractivity contribution in [3.05, 3.63) is 48.3 Å². The van der Waals surface area contributed by atoms with Crippen molar-refractivity contribution in [1.29, 1.82) is 0 Å². The van der Waals surface area contributed by atoms with Crippen molar-refractivity contribution >= 4 is 11.9 Å². The van der Waals surface area contributed by atoms with Crippen LogP contribution < -0.4 is 15.0 Å². The minimum atomic E-state index is 0.647. The van der Waals surface area contributed by atoms with E-state index >= 15 is 0 Å². The summed E-state index contributed by atoms with van der Waals surface area (Å²) in [5.41, 5.74) is 1.16. The predicted molar refractivity (Wildman–Crippen MR) is 104 cm³/mol. The van der Waals surface area contributed by atoms with Crippen molar-refractivity contribution in [2.75, 3.05) is 44.7 Å². The van der Waals surface area contributed by atoms with Gasteiger partial charge in [0.25, 0.3) is 0 Å². The second-order valence-corrected chi connectivity index (χ2v) is 6.04. The highest BCUT2D eigenvalue weighted by Gasteiger charge is 2.20. The lowest BCUT2D eigenvalue weighted by atomic mass is 10.2. The van der Waals surface area contributed by atoms with Gasteiger partial charge in [0.2, 0.25) is 5.95 Å². The maximum Gasteiger partial charge on any atom is 0.225 e. The van der Waals surface area contributed by atoms with Gasteiger partial charge in [0.1, 0.15) is 5.75 Å². The summed E-state index contributed by atoms with van der Waals surface area (Å²) in [5.74, 6) is 2.62. The van der Waals surface area contributed by atoms with E-state index in [1.165, 1.54) is 0 Å². The van der Waals surface area contributed by atoms with Gasteiger partial charge in [0, 0.05) is 45.1 Å². The summed E-state index contributed by atoms with van der Waals surface area (Å²) in [4.78, 5) is 18.0. The zero-order chi connectivity index (χ0) is 18.2. The minimum Gasteiger partial charge on any atom is -0.497 e. The topological polar surface area (TPSA) is 65.9 Å². The van der Waals surface area contributed by atoms with Gasteiger partial charge in [0.15, 0.2) is 5.96 Å². The van der Waals surface area contributed by atoms with Crippen LogP contribution in [0.25, 0.3) is 0 Å². The molecule has 0 saturated carbocycles. The molecule has 1 saturated heterocycles. The summed E-state index contributed by atoms with van der Waals surface area (Å²) in [6.45, 7) is 7.15. The molecule has 1 aromatic carbocycles. The van der Waals surface area contributed by atoms with Crippen molar-refractivity contribution in [2.45, 2.75) is 13.5 Å². The normalized spacial score (nSPS) is 15.1. The minimum absolute atomic E-state index is 0.647. The summed E-state index contributed by atoms with van der Waals surface area (Å²) < 4.78 is 5.20. The molecule has 1 aliphatic heterocycles. The van der Waals surface area contributed by atoms with Crippen molar-refractivity contribution in [3.63, 3.8) is 0 Å². The first-order valence-corrected chi connectivity index (χ1v) is 8.98. The number of hydrogen-bond donors (Lipinski definition) is 1. The number of benzene rings is 1. The standard InChI is InChI=1S/C19H26N6O/c1-3-20-18(23-15-16-5-7-17(26-2)8-6-16)24-11-13-25(14-12-24)19-21-9-4-10-22-19/h4-10H,3,11-15H2,1-2H3,(H,20,23). The van der Waals surface area contributed by atoms with Gasteiger partial charge in [-0.25, -0.2) is 15.0 Å². The van der Waals surface area contributed by atoms with Crippen molar-refractivity contribution in [2.24, 2.45) is 4.99 Å². The molecule has 2 heterocycles. The number of anilines is 1. The second-order valence-electron chi connectivity index (χ2n) is 6.04. The van der Waals surface area contributed by atoms with E-state index in [1.54, 1.807) is 19.5 Å². The maximum atomic E-state index is 5.20. The average Bonchev–Trinajstić information content (AvgIpc) is 2.72. The Kier molecular flexibility index (Phi) is 6.24. The molecule has 0 bridgehead atoms. The van der Waals surface area contributed by atoms with Crippen LogP contribution in [0.5, 0.6) is 5.75 Å². The van der Waals surface area contributed by atoms with E-state index in [9.17, 15) is 0 Å². The molecule has 1 N–H and O–H groups in total. The van der Waals surface area contributed by atoms with E-state index in [-0.39, 0.29) is 0 Å². The Balaban J connectivity index is 1.60. The molecule has 0 amide bonds. The molecule has 1 aliphatic rings. The predicted octanol–water partition coefficient (Wildman–Crippen LogP) is 1.77. The molecule has 7 nitrogen and oxygen atoms in total. The largest absolute Gasteiger partial charge is 0.497 e. The van der Waals surface area contributed by atoms with Gasteiger partial charge in [0.05, 0.1) is 13.7 Å². The number of aliphatic imine (C=N–C) groups is 1. The highest BCUT2D eigenvalue weighted by Crippen LogP contribution is 2.13. The molecule has 138 valence electrons. The lowest BCUT2D eigenvalue weighted by Crippen LogP contribution is -2.52. The molecular weight excluding hydrogens is 328 g/mol. The molecule has 26 heavy (non-hydrogen) atoms. The molecule has 2 aromatic rings. The maximum absolute atomic E-state index is 5.20. The van der Waals surface area contributed by atoms with E-state index in [0.29, 0.717) is 6.54 Å². The number of piperazine rings is 1. The van der Waals surface area contributed by atoms with Crippen LogP contribution in [0.3, 0.4) is 0 Å². The Morgan fingerprint density at radius 1 is 1.12 bits per heavy atom. The zero-order valence-electron chi connectivity index (χ0n) is 15.4.